The van der Waals surface area contributed by atoms with Crippen LogP contribution in [0.3, 0.4) is 0 Å². The summed E-state index contributed by atoms with van der Waals surface area (Å²) >= 11 is 0. The van der Waals surface area contributed by atoms with E-state index in [1.54, 1.807) is 0 Å². The van der Waals surface area contributed by atoms with Crippen LogP contribution in [-0.4, -0.2) is 73.1 Å². The molecule has 0 amide bonds. The van der Waals surface area contributed by atoms with Crippen molar-refractivity contribution in [3.05, 3.63) is 46.8 Å². The van der Waals surface area contributed by atoms with Crippen LogP contribution in [0.1, 0.15) is 0 Å². The van der Waals surface area contributed by atoms with Gasteiger partial charge in [0.1, 0.15) is 53.1 Å². The number of fused-ring (bicyclic) bond motifs is 1. The zero-order valence-corrected chi connectivity index (χ0v) is 16.3. The molecule has 5 atom stereocenters. The lowest BCUT2D eigenvalue weighted by Gasteiger charge is -2.39. The summed E-state index contributed by atoms with van der Waals surface area (Å²) in [5, 5.41) is 68.4. The van der Waals surface area contributed by atoms with Crippen molar-refractivity contribution in [2.75, 3.05) is 6.61 Å². The predicted molar refractivity (Wildman–Crippen MR) is 107 cm³/mol. The Balaban J connectivity index is 1.69. The average molecular weight is 448 g/mol. The van der Waals surface area contributed by atoms with Crippen LogP contribution in [0.25, 0.3) is 22.1 Å². The summed E-state index contributed by atoms with van der Waals surface area (Å²) in [4.78, 5) is 12.9. The van der Waals surface area contributed by atoms with Crippen LogP contribution in [0.15, 0.2) is 45.8 Å². The minimum atomic E-state index is -1.66. The Hall–Kier alpha value is -3.35. The molecule has 0 radical (unpaired) electrons. The van der Waals surface area contributed by atoms with Crippen molar-refractivity contribution in [1.82, 2.24) is 0 Å². The van der Waals surface area contributed by atoms with Gasteiger partial charge in [0.15, 0.2) is 11.5 Å². The minimum absolute atomic E-state index is 0.0192. The van der Waals surface area contributed by atoms with Crippen LogP contribution in [0.5, 0.6) is 23.0 Å². The maximum absolute atomic E-state index is 12.9. The monoisotopic (exact) mass is 448 g/mol. The molecule has 1 aliphatic heterocycles. The number of hydrogen-bond donors (Lipinski definition) is 7. The molecule has 1 fully saturated rings. The summed E-state index contributed by atoms with van der Waals surface area (Å²) in [5.74, 6) is -1.40. The van der Waals surface area contributed by atoms with Crippen molar-refractivity contribution >= 4 is 11.0 Å². The Labute approximate surface area is 179 Å². The van der Waals surface area contributed by atoms with E-state index in [1.165, 1.54) is 24.3 Å². The molecule has 170 valence electrons. The molecule has 1 aromatic heterocycles. The maximum atomic E-state index is 12.9. The van der Waals surface area contributed by atoms with E-state index in [0.29, 0.717) is 0 Å². The summed E-state index contributed by atoms with van der Waals surface area (Å²) in [6.07, 6.45) is -6.45. The topological polar surface area (TPSA) is 190 Å². The zero-order valence-electron chi connectivity index (χ0n) is 16.3. The van der Waals surface area contributed by atoms with Gasteiger partial charge >= 0.3 is 0 Å². The number of rotatable bonds is 4. The second kappa shape index (κ2) is 8.30. The van der Waals surface area contributed by atoms with Gasteiger partial charge in [-0.3, -0.25) is 4.79 Å². The lowest BCUT2D eigenvalue weighted by atomic mass is 9.99. The minimum Gasteiger partial charge on any atom is -0.507 e. The molecular weight excluding hydrogens is 428 g/mol. The molecule has 0 unspecified atom stereocenters. The number of aliphatic hydroxyl groups is 4. The van der Waals surface area contributed by atoms with Gasteiger partial charge in [-0.15, -0.1) is 0 Å². The van der Waals surface area contributed by atoms with Crippen molar-refractivity contribution in [2.24, 2.45) is 0 Å². The van der Waals surface area contributed by atoms with Gasteiger partial charge in [-0.05, 0) is 17.7 Å². The molecule has 4 rings (SSSR count). The van der Waals surface area contributed by atoms with E-state index in [-0.39, 0.29) is 33.6 Å². The molecule has 1 saturated heterocycles. The van der Waals surface area contributed by atoms with E-state index in [0.717, 1.165) is 12.3 Å². The van der Waals surface area contributed by atoms with Gasteiger partial charge in [0, 0.05) is 12.1 Å². The largest absolute Gasteiger partial charge is 0.507 e. The molecule has 0 aliphatic carbocycles. The molecule has 1 aliphatic rings. The van der Waals surface area contributed by atoms with Crippen LogP contribution in [0, 0.1) is 0 Å². The molecule has 2 aromatic carbocycles. The second-order valence-electron chi connectivity index (χ2n) is 7.31. The molecule has 32 heavy (non-hydrogen) atoms. The van der Waals surface area contributed by atoms with E-state index >= 15 is 0 Å². The van der Waals surface area contributed by atoms with Gasteiger partial charge in [0.2, 0.25) is 11.7 Å². The van der Waals surface area contributed by atoms with Crippen LogP contribution >= 0.6 is 0 Å². The number of hydrogen-bond acceptors (Lipinski definition) is 11. The first kappa shape index (κ1) is 21.9. The summed E-state index contributed by atoms with van der Waals surface area (Å²) in [6, 6.07) is 6.07. The van der Waals surface area contributed by atoms with Crippen molar-refractivity contribution < 1.29 is 49.6 Å². The van der Waals surface area contributed by atoms with E-state index < -0.39 is 54.2 Å². The fraction of sp³-hybridized carbons (Fsp3) is 0.286. The number of ether oxygens (including phenoxy) is 2. The highest BCUT2D eigenvalue weighted by molar-refractivity contribution is 5.88. The van der Waals surface area contributed by atoms with Gasteiger partial charge in [0.25, 0.3) is 0 Å². The van der Waals surface area contributed by atoms with Crippen molar-refractivity contribution in [2.45, 2.75) is 30.7 Å². The third kappa shape index (κ3) is 3.72. The second-order valence-corrected chi connectivity index (χ2v) is 7.31. The van der Waals surface area contributed by atoms with Crippen LogP contribution in [-0.2, 0) is 4.74 Å². The smallest absolute Gasteiger partial charge is 0.229 e. The first-order chi connectivity index (χ1) is 15.2. The molecule has 0 saturated carbocycles. The summed E-state index contributed by atoms with van der Waals surface area (Å²) < 4.78 is 16.2. The summed E-state index contributed by atoms with van der Waals surface area (Å²) in [6.45, 7) is -0.641. The molecule has 2 heterocycles. The first-order valence-electron chi connectivity index (χ1n) is 9.49. The number of aromatic hydroxyl groups is 3. The SMILES string of the molecule is O=c1c(-c2ccc(O)c(O)c2)coc2cc(O[C@H]3O[C@@H](CO)[C@H](O)[C@H](O)[C@@H]3O)cc(O)c12. The molecule has 0 spiro atoms. The predicted octanol–water partition coefficient (Wildman–Crippen LogP) is -0.245. The average Bonchev–Trinajstić information content (AvgIpc) is 2.76. The Morgan fingerprint density at radius 3 is 2.34 bits per heavy atom. The number of phenols is 3. The van der Waals surface area contributed by atoms with E-state index in [2.05, 4.69) is 0 Å². The number of benzene rings is 2. The van der Waals surface area contributed by atoms with Gasteiger partial charge in [-0.25, -0.2) is 0 Å². The lowest BCUT2D eigenvalue weighted by Crippen LogP contribution is -2.60. The van der Waals surface area contributed by atoms with Crippen molar-refractivity contribution in [3.8, 4) is 34.1 Å². The van der Waals surface area contributed by atoms with Crippen LogP contribution in [0.2, 0.25) is 0 Å². The highest BCUT2D eigenvalue weighted by Crippen LogP contribution is 2.34. The maximum Gasteiger partial charge on any atom is 0.229 e. The lowest BCUT2D eigenvalue weighted by molar-refractivity contribution is -0.277. The van der Waals surface area contributed by atoms with Crippen LogP contribution < -0.4 is 10.2 Å². The normalized spacial score (nSPS) is 25.7. The van der Waals surface area contributed by atoms with Crippen molar-refractivity contribution in [3.63, 3.8) is 0 Å². The van der Waals surface area contributed by atoms with E-state index in [1.807, 2.05) is 0 Å². The third-order valence-corrected chi connectivity index (χ3v) is 5.22. The van der Waals surface area contributed by atoms with Gasteiger partial charge in [0.05, 0.1) is 12.2 Å². The first-order valence-corrected chi connectivity index (χ1v) is 9.49. The molecule has 0 bridgehead atoms. The van der Waals surface area contributed by atoms with E-state index in [9.17, 15) is 40.5 Å². The molecule has 11 nitrogen and oxygen atoms in total. The van der Waals surface area contributed by atoms with Crippen LogP contribution in [0.4, 0.5) is 0 Å². The third-order valence-electron chi connectivity index (χ3n) is 5.22. The fourth-order valence-corrected chi connectivity index (χ4v) is 3.46. The summed E-state index contributed by atoms with van der Waals surface area (Å²) in [5.41, 5.74) is -0.419. The molecule has 11 heteroatoms. The Morgan fingerprint density at radius 1 is 0.906 bits per heavy atom. The number of aliphatic hydroxyl groups excluding tert-OH is 4. The standard InChI is InChI=1S/C21H20O11/c22-6-15-18(27)19(28)20(29)21(32-15)31-9-4-13(25)16-14(5-9)30-7-10(17(16)26)8-1-2-11(23)12(24)3-8/h1-5,7,15,18-25,27-29H,6H2/t15-,18-,19-,20-,21-/m0/s1. The Kier molecular flexibility index (Phi) is 5.67. The highest BCUT2D eigenvalue weighted by Gasteiger charge is 2.44. The zero-order chi connectivity index (χ0) is 23.2. The van der Waals surface area contributed by atoms with Crippen molar-refractivity contribution in [1.29, 1.82) is 0 Å². The number of phenolic OH excluding ortho intramolecular Hbond substituents is 3. The fourth-order valence-electron chi connectivity index (χ4n) is 3.46. The quantitative estimate of drug-likeness (QED) is 0.261. The Bertz CT molecular complexity index is 1200. The molecule has 3 aromatic rings. The van der Waals surface area contributed by atoms with Gasteiger partial charge in [-0.1, -0.05) is 6.07 Å². The van der Waals surface area contributed by atoms with E-state index in [4.69, 9.17) is 13.9 Å². The Morgan fingerprint density at radius 2 is 1.66 bits per heavy atom. The van der Waals surface area contributed by atoms with Gasteiger partial charge < -0.3 is 49.6 Å². The summed E-state index contributed by atoms with van der Waals surface area (Å²) in [7, 11) is 0. The molecule has 7 N–H and O–H groups in total. The highest BCUT2D eigenvalue weighted by atomic mass is 16.7. The van der Waals surface area contributed by atoms with Gasteiger partial charge in [-0.2, -0.15) is 0 Å². The molecular formula is C21H20O11.